The molecule has 0 aliphatic carbocycles. The lowest BCUT2D eigenvalue weighted by atomic mass is 10.3. The van der Waals surface area contributed by atoms with Crippen LogP contribution in [0.2, 0.25) is 10.0 Å². The predicted molar refractivity (Wildman–Crippen MR) is 104 cm³/mol. The maximum absolute atomic E-state index is 12.5. The first kappa shape index (κ1) is 20.5. The van der Waals surface area contributed by atoms with Crippen molar-refractivity contribution in [2.45, 2.75) is 43.6 Å². The Kier molecular flexibility index (Phi) is 7.31. The molecule has 10 heteroatoms. The van der Waals surface area contributed by atoms with Gasteiger partial charge in [-0.2, -0.15) is 0 Å². The van der Waals surface area contributed by atoms with Crippen LogP contribution in [0, 0.1) is 0 Å². The zero-order valence-corrected chi connectivity index (χ0v) is 16.7. The number of hydrogen-bond donors (Lipinski definition) is 2. The summed E-state index contributed by atoms with van der Waals surface area (Å²) in [6.07, 6.45) is 0.608. The van der Waals surface area contributed by atoms with Crippen LogP contribution < -0.4 is 11.1 Å². The lowest BCUT2D eigenvalue weighted by Crippen LogP contribution is -2.23. The molecule has 1 atom stereocenters. The summed E-state index contributed by atoms with van der Waals surface area (Å²) in [6.45, 7) is 4.31. The highest BCUT2D eigenvalue weighted by Crippen LogP contribution is 2.31. The minimum Gasteiger partial charge on any atom is -0.370 e. The van der Waals surface area contributed by atoms with Gasteiger partial charge in [0.25, 0.3) is 0 Å². The quantitative estimate of drug-likeness (QED) is 0.644. The molecule has 0 radical (unpaired) electrons. The summed E-state index contributed by atoms with van der Waals surface area (Å²) in [4.78, 5) is 23.4. The normalized spacial score (nSPS) is 12.0. The molecule has 0 unspecified atom stereocenters. The van der Waals surface area contributed by atoms with Crippen molar-refractivity contribution in [3.8, 4) is 0 Å². The van der Waals surface area contributed by atoms with Gasteiger partial charge in [-0.1, -0.05) is 41.0 Å². The Morgan fingerprint density at radius 1 is 1.31 bits per heavy atom. The van der Waals surface area contributed by atoms with Gasteiger partial charge in [0.05, 0.1) is 21.0 Å². The summed E-state index contributed by atoms with van der Waals surface area (Å²) in [5.74, 6) is 0.0131. The zero-order valence-electron chi connectivity index (χ0n) is 14.3. The molecule has 0 bridgehead atoms. The van der Waals surface area contributed by atoms with Gasteiger partial charge in [0, 0.05) is 19.4 Å². The van der Waals surface area contributed by atoms with E-state index in [2.05, 4.69) is 15.5 Å². The van der Waals surface area contributed by atoms with E-state index in [4.69, 9.17) is 28.9 Å². The fourth-order valence-corrected chi connectivity index (χ4v) is 3.62. The summed E-state index contributed by atoms with van der Waals surface area (Å²) >= 11 is 13.4. The summed E-state index contributed by atoms with van der Waals surface area (Å²) < 4.78 is 1.86. The van der Waals surface area contributed by atoms with Crippen molar-refractivity contribution in [3.63, 3.8) is 0 Å². The van der Waals surface area contributed by atoms with Gasteiger partial charge >= 0.3 is 0 Å². The number of carbonyl (C=O) groups excluding carboxylic acids is 2. The Morgan fingerprint density at radius 2 is 1.96 bits per heavy atom. The number of primary amides is 1. The number of nitrogens with one attached hydrogen (secondary N) is 1. The number of rotatable bonds is 8. The average Bonchev–Trinajstić information content (AvgIpc) is 2.97. The van der Waals surface area contributed by atoms with E-state index in [0.29, 0.717) is 39.7 Å². The molecule has 1 aromatic carbocycles. The number of thioether (sulfide) groups is 1. The van der Waals surface area contributed by atoms with Crippen LogP contribution in [0.5, 0.6) is 0 Å². The fraction of sp³-hybridized carbons (Fsp3) is 0.375. The minimum atomic E-state index is -0.458. The first-order chi connectivity index (χ1) is 12.3. The number of nitrogens with zero attached hydrogens (tertiary/aromatic N) is 3. The third-order valence-electron chi connectivity index (χ3n) is 3.57. The van der Waals surface area contributed by atoms with Crippen LogP contribution in [0.3, 0.4) is 0 Å². The first-order valence-corrected chi connectivity index (χ1v) is 9.59. The predicted octanol–water partition coefficient (Wildman–Crippen LogP) is 3.14. The molecular weight excluding hydrogens is 397 g/mol. The Bertz CT molecular complexity index is 792. The highest BCUT2D eigenvalue weighted by atomic mass is 35.5. The number of carbonyl (C=O) groups is 2. The number of benzene rings is 1. The van der Waals surface area contributed by atoms with Crippen LogP contribution in [0.1, 0.15) is 26.1 Å². The SMILES string of the molecule is CCn1c(CCC(N)=O)nnc1S[C@@H](C)C(=O)Nc1c(Cl)cccc1Cl. The summed E-state index contributed by atoms with van der Waals surface area (Å²) in [6, 6.07) is 5.01. The summed E-state index contributed by atoms with van der Waals surface area (Å²) in [5.41, 5.74) is 5.56. The van der Waals surface area contributed by atoms with E-state index in [1.807, 2.05) is 11.5 Å². The molecule has 140 valence electrons. The number of aromatic nitrogens is 3. The average molecular weight is 416 g/mol. The van der Waals surface area contributed by atoms with Gasteiger partial charge in [-0.15, -0.1) is 10.2 Å². The number of para-hydroxylation sites is 1. The molecule has 0 fully saturated rings. The molecule has 0 spiro atoms. The fourth-order valence-electron chi connectivity index (χ4n) is 2.20. The third kappa shape index (κ3) is 5.12. The largest absolute Gasteiger partial charge is 0.370 e. The number of amides is 2. The topological polar surface area (TPSA) is 103 Å². The van der Waals surface area contributed by atoms with Gasteiger partial charge in [-0.05, 0) is 26.0 Å². The van der Waals surface area contributed by atoms with Crippen LogP contribution in [0.4, 0.5) is 5.69 Å². The number of nitrogens with two attached hydrogens (primary N) is 1. The smallest absolute Gasteiger partial charge is 0.237 e. The van der Waals surface area contributed by atoms with E-state index in [-0.39, 0.29) is 12.3 Å². The minimum absolute atomic E-state index is 0.198. The molecule has 0 saturated heterocycles. The van der Waals surface area contributed by atoms with Crippen molar-refractivity contribution in [3.05, 3.63) is 34.1 Å². The second-order valence-electron chi connectivity index (χ2n) is 5.46. The number of anilines is 1. The Hall–Kier alpha value is -1.77. The monoisotopic (exact) mass is 415 g/mol. The van der Waals surface area contributed by atoms with Crippen LogP contribution in [-0.4, -0.2) is 31.8 Å². The molecular formula is C16H19Cl2N5O2S. The van der Waals surface area contributed by atoms with Crippen molar-refractivity contribution >= 4 is 52.5 Å². The molecule has 2 rings (SSSR count). The number of aryl methyl sites for hydroxylation is 1. The first-order valence-electron chi connectivity index (χ1n) is 7.95. The summed E-state index contributed by atoms with van der Waals surface area (Å²) in [7, 11) is 0. The molecule has 3 N–H and O–H groups in total. The van der Waals surface area contributed by atoms with Gasteiger partial charge < -0.3 is 15.6 Å². The molecule has 0 aliphatic rings. The van der Waals surface area contributed by atoms with E-state index >= 15 is 0 Å². The molecule has 26 heavy (non-hydrogen) atoms. The Morgan fingerprint density at radius 3 is 2.54 bits per heavy atom. The molecule has 1 aromatic heterocycles. The molecule has 0 aliphatic heterocycles. The van der Waals surface area contributed by atoms with Crippen molar-refractivity contribution < 1.29 is 9.59 Å². The zero-order chi connectivity index (χ0) is 19.3. The molecule has 7 nitrogen and oxygen atoms in total. The van der Waals surface area contributed by atoms with E-state index in [1.165, 1.54) is 11.8 Å². The Balaban J connectivity index is 2.08. The third-order valence-corrected chi connectivity index (χ3v) is 5.28. The lowest BCUT2D eigenvalue weighted by Gasteiger charge is -2.14. The van der Waals surface area contributed by atoms with Gasteiger partial charge in [-0.25, -0.2) is 0 Å². The van der Waals surface area contributed by atoms with Crippen molar-refractivity contribution in [1.82, 2.24) is 14.8 Å². The molecule has 0 saturated carbocycles. The van der Waals surface area contributed by atoms with E-state index in [1.54, 1.807) is 25.1 Å². The van der Waals surface area contributed by atoms with Gasteiger partial charge in [-0.3, -0.25) is 9.59 Å². The van der Waals surface area contributed by atoms with Gasteiger partial charge in [0.15, 0.2) is 5.16 Å². The van der Waals surface area contributed by atoms with Crippen molar-refractivity contribution in [2.24, 2.45) is 5.73 Å². The molecule has 1 heterocycles. The molecule has 2 aromatic rings. The van der Waals surface area contributed by atoms with Crippen molar-refractivity contribution in [2.75, 3.05) is 5.32 Å². The second-order valence-corrected chi connectivity index (χ2v) is 7.58. The second kappa shape index (κ2) is 9.25. The standard InChI is InChI=1S/C16H19Cl2N5O2S/c1-3-23-13(8-7-12(19)24)21-22-16(23)26-9(2)15(25)20-14-10(17)5-4-6-11(14)18/h4-6,9H,3,7-8H2,1-2H3,(H2,19,24)(H,20,25)/t9-/m0/s1. The summed E-state index contributed by atoms with van der Waals surface area (Å²) in [5, 5.41) is 11.8. The Labute approximate surface area is 165 Å². The van der Waals surface area contributed by atoms with E-state index in [0.717, 1.165) is 0 Å². The maximum atomic E-state index is 12.5. The highest BCUT2D eigenvalue weighted by molar-refractivity contribution is 8.00. The number of hydrogen-bond acceptors (Lipinski definition) is 5. The number of halogens is 2. The van der Waals surface area contributed by atoms with Gasteiger partial charge in [0.2, 0.25) is 11.8 Å². The van der Waals surface area contributed by atoms with Crippen LogP contribution in [0.25, 0.3) is 0 Å². The van der Waals surface area contributed by atoms with Gasteiger partial charge in [0.1, 0.15) is 5.82 Å². The van der Waals surface area contributed by atoms with E-state index in [9.17, 15) is 9.59 Å². The maximum Gasteiger partial charge on any atom is 0.237 e. The van der Waals surface area contributed by atoms with Crippen molar-refractivity contribution in [1.29, 1.82) is 0 Å². The van der Waals surface area contributed by atoms with Crippen LogP contribution in [0.15, 0.2) is 23.4 Å². The van der Waals surface area contributed by atoms with Crippen LogP contribution >= 0.6 is 35.0 Å². The highest BCUT2D eigenvalue weighted by Gasteiger charge is 2.21. The molecule has 2 amide bonds. The van der Waals surface area contributed by atoms with Crippen LogP contribution in [-0.2, 0) is 22.6 Å². The lowest BCUT2D eigenvalue weighted by molar-refractivity contribution is -0.118. The van der Waals surface area contributed by atoms with E-state index < -0.39 is 11.2 Å².